The van der Waals surface area contributed by atoms with Crippen molar-refractivity contribution < 1.29 is 23.1 Å². The molecule has 1 aliphatic rings. The lowest BCUT2D eigenvalue weighted by atomic mass is 9.91. The SMILES string of the molecule is CC(=O)N1CCC(O)(Cn2nnc(-c3ccccc3Nc3ccc(C(F)(F)F)cc3)n2)CC1. The molecule has 0 saturated carbocycles. The number of aromatic nitrogens is 4. The number of amides is 1. The Balaban J connectivity index is 1.48. The number of halogens is 3. The van der Waals surface area contributed by atoms with E-state index >= 15 is 0 Å². The molecule has 2 N–H and O–H groups in total. The smallest absolute Gasteiger partial charge is 0.388 e. The maximum Gasteiger partial charge on any atom is 0.416 e. The Bertz CT molecular complexity index is 1120. The Hall–Kier alpha value is -3.47. The third-order valence-electron chi connectivity index (χ3n) is 5.69. The molecule has 0 unspecified atom stereocenters. The van der Waals surface area contributed by atoms with Gasteiger partial charge in [-0.15, -0.1) is 10.2 Å². The van der Waals surface area contributed by atoms with Gasteiger partial charge in [0.1, 0.15) is 0 Å². The minimum absolute atomic E-state index is 0.0182. The van der Waals surface area contributed by atoms with Crippen molar-refractivity contribution in [3.8, 4) is 11.4 Å². The summed E-state index contributed by atoms with van der Waals surface area (Å²) in [7, 11) is 0. The van der Waals surface area contributed by atoms with Crippen molar-refractivity contribution in [2.75, 3.05) is 18.4 Å². The molecule has 0 aliphatic carbocycles. The topological polar surface area (TPSA) is 96.2 Å². The van der Waals surface area contributed by atoms with Crippen molar-refractivity contribution in [3.63, 3.8) is 0 Å². The summed E-state index contributed by atoms with van der Waals surface area (Å²) in [5.74, 6) is 0.296. The number of carbonyl (C=O) groups excluding carboxylic acids is 1. The zero-order valence-electron chi connectivity index (χ0n) is 17.9. The third kappa shape index (κ3) is 5.30. The number of benzene rings is 2. The molecule has 1 aromatic heterocycles. The van der Waals surface area contributed by atoms with Crippen molar-refractivity contribution in [2.24, 2.45) is 0 Å². The lowest BCUT2D eigenvalue weighted by molar-refractivity contribution is -0.137. The number of anilines is 2. The maximum atomic E-state index is 12.8. The van der Waals surface area contributed by atoms with E-state index in [9.17, 15) is 23.1 Å². The summed E-state index contributed by atoms with van der Waals surface area (Å²) in [6, 6.07) is 11.8. The predicted molar refractivity (Wildman–Crippen MR) is 114 cm³/mol. The van der Waals surface area contributed by atoms with Crippen LogP contribution < -0.4 is 5.32 Å². The first kappa shape index (κ1) is 22.7. The number of nitrogens with one attached hydrogen (secondary N) is 1. The summed E-state index contributed by atoms with van der Waals surface area (Å²) in [4.78, 5) is 14.5. The molecule has 1 fully saturated rings. The van der Waals surface area contributed by atoms with Crippen molar-refractivity contribution in [1.29, 1.82) is 0 Å². The van der Waals surface area contributed by atoms with E-state index in [0.717, 1.165) is 12.1 Å². The second kappa shape index (κ2) is 8.81. The number of para-hydroxylation sites is 1. The number of piperidine rings is 1. The van der Waals surface area contributed by atoms with Gasteiger partial charge in [-0.3, -0.25) is 4.79 Å². The number of rotatable bonds is 5. The van der Waals surface area contributed by atoms with Crippen molar-refractivity contribution >= 4 is 17.3 Å². The van der Waals surface area contributed by atoms with E-state index < -0.39 is 17.3 Å². The first-order valence-electron chi connectivity index (χ1n) is 10.4. The number of tetrazole rings is 1. The lowest BCUT2D eigenvalue weighted by Crippen LogP contribution is -2.48. The van der Waals surface area contributed by atoms with E-state index in [-0.39, 0.29) is 12.5 Å². The van der Waals surface area contributed by atoms with E-state index in [1.807, 2.05) is 0 Å². The van der Waals surface area contributed by atoms with Crippen LogP contribution >= 0.6 is 0 Å². The van der Waals surface area contributed by atoms with Crippen LogP contribution in [0.5, 0.6) is 0 Å². The van der Waals surface area contributed by atoms with Gasteiger partial charge in [0.05, 0.1) is 17.7 Å². The summed E-state index contributed by atoms with van der Waals surface area (Å²) in [6.45, 7) is 2.58. The lowest BCUT2D eigenvalue weighted by Gasteiger charge is -2.37. The molecule has 4 rings (SSSR count). The number of nitrogens with zero attached hydrogens (tertiary/aromatic N) is 5. The van der Waals surface area contributed by atoms with Gasteiger partial charge in [-0.2, -0.15) is 18.0 Å². The molecule has 0 atom stereocenters. The van der Waals surface area contributed by atoms with E-state index in [1.54, 1.807) is 29.2 Å². The summed E-state index contributed by atoms with van der Waals surface area (Å²) >= 11 is 0. The molecular formula is C22H23F3N6O2. The Morgan fingerprint density at radius 2 is 1.79 bits per heavy atom. The van der Waals surface area contributed by atoms with Gasteiger partial charge in [0, 0.05) is 37.0 Å². The molecule has 0 radical (unpaired) electrons. The number of aliphatic hydroxyl groups is 1. The summed E-state index contributed by atoms with van der Waals surface area (Å²) < 4.78 is 38.4. The van der Waals surface area contributed by atoms with E-state index in [1.165, 1.54) is 23.9 Å². The zero-order valence-corrected chi connectivity index (χ0v) is 17.9. The van der Waals surface area contributed by atoms with Crippen molar-refractivity contribution in [1.82, 2.24) is 25.1 Å². The number of alkyl halides is 3. The molecule has 1 amide bonds. The van der Waals surface area contributed by atoms with E-state index in [2.05, 4.69) is 20.7 Å². The molecule has 1 saturated heterocycles. The molecule has 11 heteroatoms. The van der Waals surface area contributed by atoms with Crippen LogP contribution in [-0.4, -0.2) is 54.8 Å². The number of carbonyl (C=O) groups is 1. The van der Waals surface area contributed by atoms with Crippen LogP contribution in [0.3, 0.4) is 0 Å². The molecule has 2 aromatic carbocycles. The number of hydrogen-bond acceptors (Lipinski definition) is 6. The third-order valence-corrected chi connectivity index (χ3v) is 5.69. The van der Waals surface area contributed by atoms with Gasteiger partial charge in [0.15, 0.2) is 0 Å². The number of likely N-dealkylation sites (tertiary alicyclic amines) is 1. The molecule has 0 bridgehead atoms. The van der Waals surface area contributed by atoms with Gasteiger partial charge < -0.3 is 15.3 Å². The van der Waals surface area contributed by atoms with Gasteiger partial charge in [0.2, 0.25) is 11.7 Å². The summed E-state index contributed by atoms with van der Waals surface area (Å²) in [6.07, 6.45) is -3.57. The highest BCUT2D eigenvalue weighted by Crippen LogP contribution is 2.32. The minimum atomic E-state index is -4.40. The van der Waals surface area contributed by atoms with Crippen LogP contribution in [0.2, 0.25) is 0 Å². The fourth-order valence-electron chi connectivity index (χ4n) is 3.76. The molecule has 0 spiro atoms. The fourth-order valence-corrected chi connectivity index (χ4v) is 3.76. The largest absolute Gasteiger partial charge is 0.416 e. The van der Waals surface area contributed by atoms with E-state index in [4.69, 9.17) is 0 Å². The standard InChI is InChI=1S/C22H23F3N6O2/c1-15(32)30-12-10-21(33,11-13-30)14-31-28-20(27-29-31)18-4-2-3-5-19(18)26-17-8-6-16(7-9-17)22(23,24)25/h2-9,26,33H,10-14H2,1H3. The molecule has 8 nitrogen and oxygen atoms in total. The van der Waals surface area contributed by atoms with E-state index in [0.29, 0.717) is 48.7 Å². The van der Waals surface area contributed by atoms with Crippen molar-refractivity contribution in [2.45, 2.75) is 38.1 Å². The van der Waals surface area contributed by atoms with Crippen LogP contribution in [0.15, 0.2) is 48.5 Å². The number of hydrogen-bond donors (Lipinski definition) is 2. The molecule has 1 aliphatic heterocycles. The van der Waals surface area contributed by atoms with Crippen LogP contribution in [0, 0.1) is 0 Å². The Kier molecular flexibility index (Phi) is 6.07. The average molecular weight is 460 g/mol. The van der Waals surface area contributed by atoms with Crippen LogP contribution in [0.25, 0.3) is 11.4 Å². The molecule has 33 heavy (non-hydrogen) atoms. The zero-order chi connectivity index (χ0) is 23.6. The molecule has 2 heterocycles. The second-order valence-corrected chi connectivity index (χ2v) is 8.12. The predicted octanol–water partition coefficient (Wildman–Crippen LogP) is 3.48. The van der Waals surface area contributed by atoms with Gasteiger partial charge in [-0.25, -0.2) is 0 Å². The molecule has 174 valence electrons. The first-order valence-corrected chi connectivity index (χ1v) is 10.4. The van der Waals surface area contributed by atoms with Gasteiger partial charge in [-0.05, 0) is 54.5 Å². The van der Waals surface area contributed by atoms with Crippen LogP contribution in [-0.2, 0) is 17.5 Å². The second-order valence-electron chi connectivity index (χ2n) is 8.12. The highest BCUT2D eigenvalue weighted by molar-refractivity contribution is 5.77. The van der Waals surface area contributed by atoms with Crippen LogP contribution in [0.1, 0.15) is 25.3 Å². The Morgan fingerprint density at radius 3 is 2.42 bits per heavy atom. The average Bonchev–Trinajstić information content (AvgIpc) is 3.22. The Morgan fingerprint density at radius 1 is 1.12 bits per heavy atom. The fraction of sp³-hybridized carbons (Fsp3) is 0.364. The quantitative estimate of drug-likeness (QED) is 0.605. The first-order chi connectivity index (χ1) is 15.6. The minimum Gasteiger partial charge on any atom is -0.388 e. The highest BCUT2D eigenvalue weighted by Gasteiger charge is 2.34. The monoisotopic (exact) mass is 460 g/mol. The van der Waals surface area contributed by atoms with Gasteiger partial charge in [-0.1, -0.05) is 12.1 Å². The normalized spacial score (nSPS) is 16.0. The summed E-state index contributed by atoms with van der Waals surface area (Å²) in [5.41, 5.74) is -0.0678. The highest BCUT2D eigenvalue weighted by atomic mass is 19.4. The maximum absolute atomic E-state index is 12.8. The van der Waals surface area contributed by atoms with Gasteiger partial charge >= 0.3 is 6.18 Å². The van der Waals surface area contributed by atoms with Crippen molar-refractivity contribution in [3.05, 3.63) is 54.1 Å². The summed E-state index contributed by atoms with van der Waals surface area (Å²) in [5, 5.41) is 26.5. The Labute approximate surface area is 188 Å². The van der Waals surface area contributed by atoms with Crippen LogP contribution in [0.4, 0.5) is 24.5 Å². The molecular weight excluding hydrogens is 437 g/mol. The van der Waals surface area contributed by atoms with Gasteiger partial charge in [0.25, 0.3) is 0 Å². The molecule has 3 aromatic rings.